The Bertz CT molecular complexity index is 3730. The molecule has 0 unspecified atom stereocenters. The van der Waals surface area contributed by atoms with Crippen LogP contribution in [0.15, 0.2) is 328 Å². The van der Waals surface area contributed by atoms with E-state index in [2.05, 4.69) is 255 Å². The Morgan fingerprint density at radius 2 is 0.208 bits per heavy atom. The molecule has 0 aliphatic heterocycles. The maximum atomic E-state index is 9.75. The molecule has 648 valence electrons. The van der Waals surface area contributed by atoms with Gasteiger partial charge in [-0.2, -0.15) is 0 Å². The summed E-state index contributed by atoms with van der Waals surface area (Å²) in [7, 11) is -25.8. The predicted molar refractivity (Wildman–Crippen MR) is 402 cm³/mol. The molecule has 120 heavy (non-hydrogen) atoms. The lowest BCUT2D eigenvalue weighted by atomic mass is 10.3. The molecule has 0 aliphatic carbocycles. The molecule has 12 aromatic carbocycles. The second kappa shape index (κ2) is 61.8. The molecular formula is C78H72B6F24I6O6. The number of ether oxygens (including phenoxy) is 6. The van der Waals surface area contributed by atoms with Gasteiger partial charge in [0.15, 0.2) is 42.8 Å². The van der Waals surface area contributed by atoms with Crippen molar-refractivity contribution in [1.82, 2.24) is 0 Å². The molecule has 0 N–H and O–H groups in total. The van der Waals surface area contributed by atoms with Crippen LogP contribution in [-0.4, -0.2) is 86.2 Å². The highest BCUT2D eigenvalue weighted by Gasteiger charge is 2.25. The summed E-state index contributed by atoms with van der Waals surface area (Å²) < 4.78 is 282. The zero-order valence-electron chi connectivity index (χ0n) is 63.4. The topological polar surface area (TPSA) is 55.4 Å². The SMILES string of the molecule is COc1ccc([I+]c2ccccc2)cc1.COc1ccc([I+]c2ccccc2)cc1.COc1ccc([I+]c2ccccc2)cc1.COc1ccc([I+]c2ccccc2)cc1.COc1ccc([I+]c2ccccc2)cc1.COc1ccc([I+]c2ccccc2)cc1.F[B-](F)(F)F.F[B-](F)(F)F.F[B-](F)(F)F.F[B-](F)(F)F.F[B-](F)(F)F.F[B-](F)(F)F. The molecule has 0 radical (unpaired) electrons. The van der Waals surface area contributed by atoms with Gasteiger partial charge in [0.1, 0.15) is 34.5 Å². The van der Waals surface area contributed by atoms with Crippen LogP contribution in [0.25, 0.3) is 0 Å². The molecule has 42 heteroatoms. The molecule has 0 saturated carbocycles. The predicted octanol–water partition coefficient (Wildman–Crippen LogP) is 6.74. The monoisotopic (exact) mass is 2390 g/mol. The average molecular weight is 2390 g/mol. The van der Waals surface area contributed by atoms with Gasteiger partial charge in [0.2, 0.25) is 0 Å². The highest BCUT2D eigenvalue weighted by atomic mass is 127. The van der Waals surface area contributed by atoms with Crippen LogP contribution in [0.5, 0.6) is 34.5 Å². The zero-order chi connectivity index (χ0) is 90.1. The minimum atomic E-state index is -6.00. The Morgan fingerprint density at radius 1 is 0.133 bits per heavy atom. The molecular weight excluding hydrogens is 2320 g/mol. The first-order valence-corrected chi connectivity index (χ1v) is 46.5. The Hall–Kier alpha value is -7.47. The fourth-order valence-corrected chi connectivity index (χ4v) is 20.7. The summed E-state index contributed by atoms with van der Waals surface area (Å²) in [6.45, 7) is 0. The van der Waals surface area contributed by atoms with Gasteiger partial charge in [-0.25, -0.2) is 0 Å². The first-order valence-electron chi connectivity index (χ1n) is 33.6. The van der Waals surface area contributed by atoms with Crippen molar-refractivity contribution in [3.05, 3.63) is 370 Å². The lowest BCUT2D eigenvalue weighted by Gasteiger charge is -1.95. The van der Waals surface area contributed by atoms with Crippen LogP contribution in [0.2, 0.25) is 0 Å². The second-order valence-corrected chi connectivity index (χ2v) is 39.4. The summed E-state index contributed by atoms with van der Waals surface area (Å²) in [4.78, 5) is 0. The van der Waals surface area contributed by atoms with Crippen LogP contribution in [0.3, 0.4) is 0 Å². The van der Waals surface area contributed by atoms with Crippen molar-refractivity contribution in [3.63, 3.8) is 0 Å². The summed E-state index contributed by atoms with van der Waals surface area (Å²) >= 11 is -0.270. The highest BCUT2D eigenvalue weighted by molar-refractivity contribution is 6.51. The molecule has 0 amide bonds. The van der Waals surface area contributed by atoms with E-state index in [0.717, 1.165) is 34.5 Å². The molecule has 0 atom stereocenters. The third-order valence-electron chi connectivity index (χ3n) is 12.0. The molecule has 0 fully saturated rings. The fraction of sp³-hybridized carbons (Fsp3) is 0.0769. The van der Waals surface area contributed by atoms with Gasteiger partial charge in [-0.1, -0.05) is 109 Å². The standard InChI is InChI=1S/6C13H12IO.6BF4/c6*1-15-13-9-7-12(8-10-13)14-11-5-3-2-4-6-11;6*2-1(3,4)5/h6*2-10H,1H3;;;;;;/q6*+1;6*-1. The lowest BCUT2D eigenvalue weighted by Crippen LogP contribution is -3.61. The van der Waals surface area contributed by atoms with Crippen LogP contribution >= 0.6 is 0 Å². The second-order valence-electron chi connectivity index (χ2n) is 21.3. The molecule has 12 rings (SSSR count). The van der Waals surface area contributed by atoms with Gasteiger partial charge >= 0.3 is 171 Å². The largest absolute Gasteiger partial charge is 0.673 e. The number of methoxy groups -OCH3 is 6. The summed E-state index contributed by atoms with van der Waals surface area (Å²) in [6, 6.07) is 114. The van der Waals surface area contributed by atoms with E-state index >= 15 is 0 Å². The smallest absolute Gasteiger partial charge is 0.497 e. The van der Waals surface area contributed by atoms with E-state index in [1.54, 1.807) is 42.7 Å². The van der Waals surface area contributed by atoms with E-state index in [-0.39, 0.29) is 127 Å². The van der Waals surface area contributed by atoms with E-state index < -0.39 is 43.5 Å². The molecule has 0 heterocycles. The summed E-state index contributed by atoms with van der Waals surface area (Å²) in [6.07, 6.45) is 0. The maximum absolute atomic E-state index is 9.75. The third kappa shape index (κ3) is 71.1. The van der Waals surface area contributed by atoms with Crippen LogP contribution in [0.4, 0.5) is 104 Å². The quantitative estimate of drug-likeness (QED) is 0.0540. The van der Waals surface area contributed by atoms with Crippen LogP contribution in [0.1, 0.15) is 0 Å². The van der Waals surface area contributed by atoms with Crippen molar-refractivity contribution >= 4 is 43.5 Å². The van der Waals surface area contributed by atoms with E-state index in [1.807, 2.05) is 72.8 Å². The van der Waals surface area contributed by atoms with Crippen LogP contribution < -0.4 is 156 Å². The Morgan fingerprint density at radius 3 is 0.283 bits per heavy atom. The van der Waals surface area contributed by atoms with Crippen molar-refractivity contribution in [1.29, 1.82) is 0 Å². The number of rotatable bonds is 18. The number of hydrogen-bond acceptors (Lipinski definition) is 6. The summed E-state index contributed by atoms with van der Waals surface area (Å²) in [5, 5.41) is 0. The van der Waals surface area contributed by atoms with Gasteiger partial charge in [-0.3, -0.25) is 0 Å². The number of benzene rings is 12. The van der Waals surface area contributed by atoms with E-state index in [0.29, 0.717) is 0 Å². The van der Waals surface area contributed by atoms with Gasteiger partial charge in [0.25, 0.3) is 0 Å². The Balaban J connectivity index is 0.000000674. The van der Waals surface area contributed by atoms with Crippen molar-refractivity contribution in [2.24, 2.45) is 0 Å². The average Bonchev–Trinajstić information content (AvgIpc) is 0.918. The number of halogens is 30. The maximum Gasteiger partial charge on any atom is 0.673 e. The molecule has 12 aromatic rings. The molecule has 0 aromatic heterocycles. The molecule has 0 bridgehead atoms. The third-order valence-corrected chi connectivity index (χ3v) is 28.1. The van der Waals surface area contributed by atoms with Crippen LogP contribution in [0, 0.1) is 42.8 Å². The summed E-state index contributed by atoms with van der Waals surface area (Å²) in [5.74, 6) is 5.56. The molecule has 0 spiro atoms. The summed E-state index contributed by atoms with van der Waals surface area (Å²) in [5.41, 5.74) is 0. The fourth-order valence-electron chi connectivity index (χ4n) is 7.42. The van der Waals surface area contributed by atoms with Crippen molar-refractivity contribution in [3.8, 4) is 34.5 Å². The van der Waals surface area contributed by atoms with Gasteiger partial charge in [-0.05, 0) is 218 Å². The van der Waals surface area contributed by atoms with Gasteiger partial charge in [-0.15, -0.1) is 0 Å². The number of hydrogen-bond donors (Lipinski definition) is 0. The minimum Gasteiger partial charge on any atom is -0.497 e. The van der Waals surface area contributed by atoms with Crippen molar-refractivity contribution < 1.29 is 259 Å². The Kier molecular flexibility index (Phi) is 56.9. The van der Waals surface area contributed by atoms with Crippen molar-refractivity contribution in [2.45, 2.75) is 0 Å². The van der Waals surface area contributed by atoms with Crippen LogP contribution in [-0.2, 0) is 0 Å². The normalized spacial score (nSPS) is 10.4. The van der Waals surface area contributed by atoms with Gasteiger partial charge in [0.05, 0.1) is 42.7 Å². The van der Waals surface area contributed by atoms with E-state index in [1.165, 1.54) is 42.8 Å². The zero-order valence-corrected chi connectivity index (χ0v) is 76.4. The molecule has 6 nitrogen and oxygen atoms in total. The van der Waals surface area contributed by atoms with Gasteiger partial charge in [0, 0.05) is 0 Å². The molecule has 0 saturated heterocycles. The highest BCUT2D eigenvalue weighted by Crippen LogP contribution is 2.14. The van der Waals surface area contributed by atoms with Crippen molar-refractivity contribution in [2.75, 3.05) is 42.7 Å². The lowest BCUT2D eigenvalue weighted by molar-refractivity contribution is -0.597. The first kappa shape index (κ1) is 111. The Labute approximate surface area is 742 Å². The van der Waals surface area contributed by atoms with Gasteiger partial charge < -0.3 is 132 Å². The first-order chi connectivity index (χ1) is 56.3. The minimum absolute atomic E-state index is 0.0449. The molecule has 0 aliphatic rings. The van der Waals surface area contributed by atoms with E-state index in [9.17, 15) is 104 Å². The van der Waals surface area contributed by atoms with E-state index in [4.69, 9.17) is 28.4 Å².